The minimum Gasteiger partial charge on any atom is -0.462 e. The zero-order chi connectivity index (χ0) is 17.8. The number of carbonyl (C=O) groups is 1. The highest BCUT2D eigenvalue weighted by Crippen LogP contribution is 2.50. The fraction of sp³-hybridized carbons (Fsp3) is 0.500. The molecule has 1 N–H and O–H groups in total. The Kier molecular flexibility index (Phi) is 6.69. The van der Waals surface area contributed by atoms with Crippen LogP contribution in [-0.2, 0) is 20.5 Å². The van der Waals surface area contributed by atoms with Gasteiger partial charge in [-0.1, -0.05) is 51.4 Å². The zero-order valence-electron chi connectivity index (χ0n) is 14.5. The molecule has 1 aliphatic carbocycles. The minimum absolute atomic E-state index is 0.0337. The molecule has 4 nitrogen and oxygen atoms in total. The summed E-state index contributed by atoms with van der Waals surface area (Å²) in [5, 5.41) is 10.3. The molecule has 7 atom stereocenters. The molecule has 2 aliphatic rings. The van der Waals surface area contributed by atoms with Crippen LogP contribution in [0.1, 0.15) is 24.8 Å². The van der Waals surface area contributed by atoms with Crippen LogP contribution < -0.4 is 0 Å². The molecule has 0 bridgehead atoms. The second kappa shape index (κ2) is 8.78. The van der Waals surface area contributed by atoms with Crippen molar-refractivity contribution in [1.29, 1.82) is 0 Å². The highest BCUT2D eigenvalue weighted by Gasteiger charge is 2.49. The number of aliphatic hydroxyl groups excluding tert-OH is 1. The Balaban J connectivity index is 1.59. The predicted molar refractivity (Wildman–Crippen MR) is 106 cm³/mol. The Morgan fingerprint density at radius 3 is 2.92 bits per heavy atom. The van der Waals surface area contributed by atoms with Crippen molar-refractivity contribution in [2.24, 2.45) is 11.8 Å². The average molecular weight is 378 g/mol. The SMILES string of the molecule is BP(P)O[C@@H]1C[C@@H]2OC(=O)C[C@@H]2C1/C=C/C(O)CCc1ccccc1. The summed E-state index contributed by atoms with van der Waals surface area (Å²) < 4.78 is 11.5. The predicted octanol–water partition coefficient (Wildman–Crippen LogP) is 2.61. The lowest BCUT2D eigenvalue weighted by atomic mass is 9.91. The van der Waals surface area contributed by atoms with E-state index in [-0.39, 0.29) is 30.0 Å². The molecule has 2 fully saturated rings. The summed E-state index contributed by atoms with van der Waals surface area (Å²) in [7, 11) is 4.21. The highest BCUT2D eigenvalue weighted by atomic mass is 32.0. The van der Waals surface area contributed by atoms with Crippen LogP contribution in [-0.4, -0.2) is 37.0 Å². The quantitative estimate of drug-likeness (QED) is 0.343. The van der Waals surface area contributed by atoms with Gasteiger partial charge < -0.3 is 14.4 Å². The van der Waals surface area contributed by atoms with Gasteiger partial charge in [0.25, 0.3) is 0 Å². The Morgan fingerprint density at radius 1 is 1.44 bits per heavy atom. The molecule has 1 saturated heterocycles. The van der Waals surface area contributed by atoms with Crippen LogP contribution in [0.3, 0.4) is 0 Å². The van der Waals surface area contributed by atoms with Crippen LogP contribution in [0.5, 0.6) is 0 Å². The van der Waals surface area contributed by atoms with E-state index in [9.17, 15) is 9.90 Å². The summed E-state index contributed by atoms with van der Waals surface area (Å²) in [6.07, 6.45) is 6.21. The van der Waals surface area contributed by atoms with Gasteiger partial charge in [0.15, 0.2) is 7.57 Å². The standard InChI is InChI=1S/C18H25BO4P2/c19-25(24)23-17-11-16-15(10-18(21)22-16)14(17)9-8-13(20)7-6-12-4-2-1-3-5-12/h1-5,8-9,13-17,20H,6-7,10-11,19,24H2/b9-8+/t13?,14?,15-,16+,17-,25?/m1/s1. The Morgan fingerprint density at radius 2 is 2.20 bits per heavy atom. The summed E-state index contributed by atoms with van der Waals surface area (Å²) in [5.41, 5.74) is 1.23. The van der Waals surface area contributed by atoms with Crippen LogP contribution >= 0.6 is 16.6 Å². The second-order valence-corrected chi connectivity index (χ2v) is 10.4. The first-order valence-corrected chi connectivity index (χ1v) is 12.1. The first kappa shape index (κ1) is 19.0. The molecule has 4 unspecified atom stereocenters. The summed E-state index contributed by atoms with van der Waals surface area (Å²) >= 11 is 0. The van der Waals surface area contributed by atoms with E-state index in [0.717, 1.165) is 12.8 Å². The summed E-state index contributed by atoms with van der Waals surface area (Å²) in [6.45, 7) is 0. The first-order chi connectivity index (χ1) is 12.0. The Labute approximate surface area is 153 Å². The number of rotatable bonds is 7. The highest BCUT2D eigenvalue weighted by molar-refractivity contribution is 8.23. The third-order valence-electron chi connectivity index (χ3n) is 4.98. The normalized spacial score (nSPS) is 31.0. The van der Waals surface area contributed by atoms with Gasteiger partial charge in [-0.2, -0.15) is 0 Å². The number of esters is 1. The summed E-state index contributed by atoms with van der Waals surface area (Å²) in [6, 6.07) is 10.2. The van der Waals surface area contributed by atoms with Crippen molar-refractivity contribution in [2.45, 2.75) is 44.0 Å². The number of hydrogen-bond acceptors (Lipinski definition) is 4. The number of benzene rings is 1. The maximum Gasteiger partial charge on any atom is 0.306 e. The first-order valence-electron chi connectivity index (χ1n) is 8.78. The molecule has 0 aromatic heterocycles. The number of aryl methyl sites for hydroxylation is 1. The van der Waals surface area contributed by atoms with E-state index in [1.807, 2.05) is 24.3 Å². The molecule has 134 valence electrons. The smallest absolute Gasteiger partial charge is 0.306 e. The zero-order valence-corrected chi connectivity index (χ0v) is 16.5. The van der Waals surface area contributed by atoms with Gasteiger partial charge >= 0.3 is 5.97 Å². The average Bonchev–Trinajstić information content (AvgIpc) is 3.07. The van der Waals surface area contributed by atoms with Gasteiger partial charge in [-0.3, -0.25) is 4.79 Å². The molecule has 1 aliphatic heterocycles. The molecule has 3 rings (SSSR count). The van der Waals surface area contributed by atoms with E-state index < -0.39 is 13.8 Å². The molecule has 0 spiro atoms. The van der Waals surface area contributed by atoms with Gasteiger partial charge in [-0.25, -0.2) is 0 Å². The van der Waals surface area contributed by atoms with Gasteiger partial charge in [0.1, 0.15) is 6.10 Å². The Hall–Kier alpha value is -0.725. The minimum atomic E-state index is -0.551. The van der Waals surface area contributed by atoms with Crippen molar-refractivity contribution in [3.05, 3.63) is 48.0 Å². The molecular formula is C18H25BO4P2. The summed E-state index contributed by atoms with van der Waals surface area (Å²) in [4.78, 5) is 11.6. The molecule has 7 heteroatoms. The van der Waals surface area contributed by atoms with Crippen LogP contribution in [0.2, 0.25) is 0 Å². The largest absolute Gasteiger partial charge is 0.462 e. The van der Waals surface area contributed by atoms with Gasteiger partial charge in [0, 0.05) is 18.3 Å². The molecule has 0 radical (unpaired) electrons. The third kappa shape index (κ3) is 5.14. The lowest BCUT2D eigenvalue weighted by Gasteiger charge is -2.22. The molecule has 1 saturated carbocycles. The molecule has 0 amide bonds. The molecule has 1 aromatic carbocycles. The van der Waals surface area contributed by atoms with E-state index in [2.05, 4.69) is 34.7 Å². The van der Waals surface area contributed by atoms with Crippen molar-refractivity contribution in [3.63, 3.8) is 0 Å². The van der Waals surface area contributed by atoms with E-state index in [1.165, 1.54) is 5.56 Å². The maximum absolute atomic E-state index is 11.6. The van der Waals surface area contributed by atoms with Gasteiger partial charge in [-0.05, 0) is 26.1 Å². The topological polar surface area (TPSA) is 55.8 Å². The van der Waals surface area contributed by atoms with Gasteiger partial charge in [-0.15, -0.1) is 0 Å². The van der Waals surface area contributed by atoms with E-state index >= 15 is 0 Å². The maximum atomic E-state index is 11.6. The number of hydrogen-bond donors (Lipinski definition) is 1. The van der Waals surface area contributed by atoms with E-state index in [0.29, 0.717) is 12.8 Å². The van der Waals surface area contributed by atoms with Crippen LogP contribution in [0.15, 0.2) is 42.5 Å². The number of fused-ring (bicyclic) bond motifs is 1. The molecule has 25 heavy (non-hydrogen) atoms. The number of aliphatic hydroxyl groups is 1. The number of carbonyl (C=O) groups excluding carboxylic acids is 1. The van der Waals surface area contributed by atoms with Gasteiger partial charge in [0.05, 0.1) is 18.6 Å². The fourth-order valence-electron chi connectivity index (χ4n) is 3.80. The van der Waals surface area contributed by atoms with E-state index in [1.54, 1.807) is 0 Å². The number of ether oxygens (including phenoxy) is 1. The third-order valence-corrected chi connectivity index (χ3v) is 5.95. The van der Waals surface area contributed by atoms with Gasteiger partial charge in [0.2, 0.25) is 0 Å². The molecule has 1 aromatic rings. The monoisotopic (exact) mass is 378 g/mol. The molecule has 1 heterocycles. The van der Waals surface area contributed by atoms with Crippen LogP contribution in [0.25, 0.3) is 0 Å². The van der Waals surface area contributed by atoms with Crippen molar-refractivity contribution >= 4 is 30.2 Å². The van der Waals surface area contributed by atoms with Crippen LogP contribution in [0.4, 0.5) is 0 Å². The fourth-order valence-corrected chi connectivity index (χ4v) is 4.93. The van der Waals surface area contributed by atoms with Crippen LogP contribution in [0, 0.1) is 11.8 Å². The van der Waals surface area contributed by atoms with Crippen molar-refractivity contribution in [3.8, 4) is 0 Å². The van der Waals surface area contributed by atoms with Crippen molar-refractivity contribution < 1.29 is 19.2 Å². The Bertz CT molecular complexity index is 610. The molecular weight excluding hydrogens is 353 g/mol. The lowest BCUT2D eigenvalue weighted by Crippen LogP contribution is -2.20. The second-order valence-electron chi connectivity index (χ2n) is 6.88. The summed E-state index contributed by atoms with van der Waals surface area (Å²) in [5.74, 6) is 0.199. The lowest BCUT2D eigenvalue weighted by molar-refractivity contribution is -0.141. The van der Waals surface area contributed by atoms with Crippen molar-refractivity contribution in [1.82, 2.24) is 0 Å². The van der Waals surface area contributed by atoms with Crippen molar-refractivity contribution in [2.75, 3.05) is 0 Å². The van der Waals surface area contributed by atoms with E-state index in [4.69, 9.17) is 9.26 Å².